The molecule has 1 N–H and O–H groups in total. The van der Waals surface area contributed by atoms with Crippen LogP contribution in [0.4, 0.5) is 0 Å². The SMILES string of the molecule is CCCCCCCCCCCCN1CC(C)NCC1CC. The van der Waals surface area contributed by atoms with Crippen LogP contribution in [-0.4, -0.2) is 36.6 Å². The van der Waals surface area contributed by atoms with Crippen LogP contribution >= 0.6 is 0 Å². The summed E-state index contributed by atoms with van der Waals surface area (Å²) < 4.78 is 0. The predicted octanol–water partition coefficient (Wildman–Crippen LogP) is 4.98. The predicted molar refractivity (Wildman–Crippen MR) is 95.0 cm³/mol. The second kappa shape index (κ2) is 12.5. The first-order chi connectivity index (χ1) is 10.3. The second-order valence-corrected chi connectivity index (χ2v) is 7.05. The van der Waals surface area contributed by atoms with Gasteiger partial charge in [0.1, 0.15) is 0 Å². The molecule has 1 aliphatic rings. The number of hydrogen-bond donors (Lipinski definition) is 1. The molecule has 1 rings (SSSR count). The average Bonchev–Trinajstić information content (AvgIpc) is 2.49. The number of rotatable bonds is 12. The van der Waals surface area contributed by atoms with Gasteiger partial charge >= 0.3 is 0 Å². The van der Waals surface area contributed by atoms with Gasteiger partial charge in [0.15, 0.2) is 0 Å². The van der Waals surface area contributed by atoms with Crippen molar-refractivity contribution in [2.75, 3.05) is 19.6 Å². The Kier molecular flexibility index (Phi) is 11.3. The van der Waals surface area contributed by atoms with Crippen molar-refractivity contribution >= 4 is 0 Å². The van der Waals surface area contributed by atoms with Crippen molar-refractivity contribution in [3.05, 3.63) is 0 Å². The number of piperazine rings is 1. The molecule has 0 aromatic heterocycles. The van der Waals surface area contributed by atoms with Crippen LogP contribution in [0.25, 0.3) is 0 Å². The van der Waals surface area contributed by atoms with Crippen molar-refractivity contribution in [1.82, 2.24) is 10.2 Å². The third-order valence-electron chi connectivity index (χ3n) is 5.00. The molecule has 1 saturated heterocycles. The number of unbranched alkanes of at least 4 members (excludes halogenated alkanes) is 9. The van der Waals surface area contributed by atoms with E-state index in [-0.39, 0.29) is 0 Å². The molecule has 0 spiro atoms. The molecule has 2 atom stereocenters. The highest BCUT2D eigenvalue weighted by Gasteiger charge is 2.23. The summed E-state index contributed by atoms with van der Waals surface area (Å²) in [5.41, 5.74) is 0. The average molecular weight is 297 g/mol. The van der Waals surface area contributed by atoms with Crippen LogP contribution in [0.15, 0.2) is 0 Å². The Balaban J connectivity index is 1.93. The Morgan fingerprint density at radius 3 is 2.00 bits per heavy atom. The first-order valence-corrected chi connectivity index (χ1v) is 9.75. The standard InChI is InChI=1S/C19H40N2/c1-4-6-7-8-9-10-11-12-13-14-15-21-17-18(3)20-16-19(21)5-2/h18-20H,4-17H2,1-3H3. The van der Waals surface area contributed by atoms with Crippen LogP contribution in [0.3, 0.4) is 0 Å². The van der Waals surface area contributed by atoms with E-state index in [1.807, 2.05) is 0 Å². The molecule has 126 valence electrons. The lowest BCUT2D eigenvalue weighted by molar-refractivity contribution is 0.129. The maximum Gasteiger partial charge on any atom is 0.0218 e. The first kappa shape index (κ1) is 19.0. The molecule has 21 heavy (non-hydrogen) atoms. The van der Waals surface area contributed by atoms with Crippen LogP contribution in [0, 0.1) is 0 Å². The Bertz CT molecular complexity index is 230. The Labute approximate surface area is 134 Å². The van der Waals surface area contributed by atoms with Gasteiger partial charge in [-0.05, 0) is 26.3 Å². The lowest BCUT2D eigenvalue weighted by Crippen LogP contribution is -2.55. The summed E-state index contributed by atoms with van der Waals surface area (Å²) in [7, 11) is 0. The molecular formula is C19H40N2. The van der Waals surface area contributed by atoms with Crippen molar-refractivity contribution in [3.8, 4) is 0 Å². The molecule has 1 heterocycles. The zero-order valence-corrected chi connectivity index (χ0v) is 15.0. The van der Waals surface area contributed by atoms with Crippen LogP contribution in [0.2, 0.25) is 0 Å². The topological polar surface area (TPSA) is 15.3 Å². The van der Waals surface area contributed by atoms with E-state index in [2.05, 4.69) is 31.0 Å². The van der Waals surface area contributed by atoms with Crippen LogP contribution in [0.1, 0.15) is 91.4 Å². The summed E-state index contributed by atoms with van der Waals surface area (Å²) in [6.45, 7) is 10.7. The monoisotopic (exact) mass is 296 g/mol. The van der Waals surface area contributed by atoms with E-state index in [1.54, 1.807) is 0 Å². The smallest absolute Gasteiger partial charge is 0.0218 e. The molecule has 2 nitrogen and oxygen atoms in total. The van der Waals surface area contributed by atoms with Crippen molar-refractivity contribution in [3.63, 3.8) is 0 Å². The lowest BCUT2D eigenvalue weighted by atomic mass is 10.0. The van der Waals surface area contributed by atoms with E-state index >= 15 is 0 Å². The van der Waals surface area contributed by atoms with E-state index in [4.69, 9.17) is 0 Å². The number of nitrogens with zero attached hydrogens (tertiary/aromatic N) is 1. The maximum atomic E-state index is 3.61. The van der Waals surface area contributed by atoms with Crippen molar-refractivity contribution in [2.24, 2.45) is 0 Å². The van der Waals surface area contributed by atoms with Gasteiger partial charge in [-0.2, -0.15) is 0 Å². The summed E-state index contributed by atoms with van der Waals surface area (Å²) >= 11 is 0. The number of nitrogens with one attached hydrogen (secondary N) is 1. The summed E-state index contributed by atoms with van der Waals surface area (Å²) in [4.78, 5) is 2.73. The molecule has 1 aliphatic heterocycles. The second-order valence-electron chi connectivity index (χ2n) is 7.05. The van der Waals surface area contributed by atoms with Gasteiger partial charge in [0.25, 0.3) is 0 Å². The molecule has 0 aromatic carbocycles. The molecule has 1 fully saturated rings. The minimum absolute atomic E-state index is 0.677. The van der Waals surface area contributed by atoms with Gasteiger partial charge in [-0.25, -0.2) is 0 Å². The summed E-state index contributed by atoms with van der Waals surface area (Å²) in [5.74, 6) is 0. The minimum Gasteiger partial charge on any atom is -0.311 e. The Morgan fingerprint density at radius 2 is 1.43 bits per heavy atom. The van der Waals surface area contributed by atoms with Gasteiger partial charge < -0.3 is 5.32 Å². The third-order valence-corrected chi connectivity index (χ3v) is 5.00. The van der Waals surface area contributed by atoms with Crippen LogP contribution < -0.4 is 5.32 Å². The van der Waals surface area contributed by atoms with Gasteiger partial charge in [0, 0.05) is 25.2 Å². The van der Waals surface area contributed by atoms with E-state index in [0.29, 0.717) is 6.04 Å². The minimum atomic E-state index is 0.677. The fourth-order valence-corrected chi connectivity index (χ4v) is 3.51. The van der Waals surface area contributed by atoms with Crippen LogP contribution in [0.5, 0.6) is 0 Å². The molecule has 0 aliphatic carbocycles. The summed E-state index contributed by atoms with van der Waals surface area (Å²) in [5, 5.41) is 3.61. The van der Waals surface area contributed by atoms with Gasteiger partial charge in [-0.3, -0.25) is 4.90 Å². The van der Waals surface area contributed by atoms with Gasteiger partial charge in [0.2, 0.25) is 0 Å². The summed E-state index contributed by atoms with van der Waals surface area (Å²) in [6, 6.07) is 1.45. The van der Waals surface area contributed by atoms with Gasteiger partial charge in [-0.15, -0.1) is 0 Å². The quantitative estimate of drug-likeness (QED) is 0.511. The van der Waals surface area contributed by atoms with E-state index in [1.165, 1.54) is 90.3 Å². The first-order valence-electron chi connectivity index (χ1n) is 9.75. The number of hydrogen-bond acceptors (Lipinski definition) is 2. The molecule has 2 unspecified atom stereocenters. The van der Waals surface area contributed by atoms with Crippen LogP contribution in [-0.2, 0) is 0 Å². The van der Waals surface area contributed by atoms with Crippen molar-refractivity contribution < 1.29 is 0 Å². The lowest BCUT2D eigenvalue weighted by Gasteiger charge is -2.39. The van der Waals surface area contributed by atoms with E-state index in [9.17, 15) is 0 Å². The van der Waals surface area contributed by atoms with E-state index in [0.717, 1.165) is 6.04 Å². The summed E-state index contributed by atoms with van der Waals surface area (Å²) in [6.07, 6.45) is 15.7. The third kappa shape index (κ3) is 8.83. The molecule has 0 saturated carbocycles. The zero-order chi connectivity index (χ0) is 15.3. The Hall–Kier alpha value is -0.0800. The normalized spacial score (nSPS) is 23.6. The highest BCUT2D eigenvalue weighted by Crippen LogP contribution is 2.14. The highest BCUT2D eigenvalue weighted by atomic mass is 15.2. The highest BCUT2D eigenvalue weighted by molar-refractivity contribution is 4.83. The molecular weight excluding hydrogens is 256 g/mol. The van der Waals surface area contributed by atoms with Crippen molar-refractivity contribution in [2.45, 2.75) is 103 Å². The molecule has 2 heteroatoms. The molecule has 0 amide bonds. The van der Waals surface area contributed by atoms with E-state index < -0.39 is 0 Å². The maximum absolute atomic E-state index is 3.61. The van der Waals surface area contributed by atoms with Gasteiger partial charge in [-0.1, -0.05) is 71.6 Å². The van der Waals surface area contributed by atoms with Gasteiger partial charge in [0.05, 0.1) is 0 Å². The molecule has 0 bridgehead atoms. The van der Waals surface area contributed by atoms with Crippen molar-refractivity contribution in [1.29, 1.82) is 0 Å². The zero-order valence-electron chi connectivity index (χ0n) is 15.0. The fourth-order valence-electron chi connectivity index (χ4n) is 3.51. The fraction of sp³-hybridized carbons (Fsp3) is 1.00. The Morgan fingerprint density at radius 1 is 0.857 bits per heavy atom. The molecule has 0 aromatic rings. The molecule has 0 radical (unpaired) electrons. The largest absolute Gasteiger partial charge is 0.311 e.